The van der Waals surface area contributed by atoms with Gasteiger partial charge in [-0.2, -0.15) is 0 Å². The number of H-pyrrole nitrogens is 1. The SMILES string of the molecule is COC(=O)c1ccc(NC(=O)Nc2c(-c3ccncc3)[nH]c3ccc(Cl)cc23)cc1. The van der Waals surface area contributed by atoms with Crippen molar-refractivity contribution in [3.63, 3.8) is 0 Å². The van der Waals surface area contributed by atoms with Crippen LogP contribution in [0.4, 0.5) is 16.2 Å². The highest BCUT2D eigenvalue weighted by atomic mass is 35.5. The van der Waals surface area contributed by atoms with Gasteiger partial charge in [-0.25, -0.2) is 9.59 Å². The second-order valence-corrected chi connectivity index (χ2v) is 6.89. The van der Waals surface area contributed by atoms with Gasteiger partial charge in [0.1, 0.15) is 0 Å². The molecule has 2 aromatic heterocycles. The first-order valence-electron chi connectivity index (χ1n) is 9.03. The Morgan fingerprint density at radius 2 is 1.73 bits per heavy atom. The molecule has 0 aliphatic heterocycles. The normalized spacial score (nSPS) is 10.6. The number of pyridine rings is 1. The monoisotopic (exact) mass is 420 g/mol. The third-order valence-corrected chi connectivity index (χ3v) is 4.77. The van der Waals surface area contributed by atoms with Crippen molar-refractivity contribution in [1.29, 1.82) is 0 Å². The van der Waals surface area contributed by atoms with E-state index in [1.807, 2.05) is 18.2 Å². The third-order valence-electron chi connectivity index (χ3n) is 4.53. The van der Waals surface area contributed by atoms with Crippen LogP contribution in [0, 0.1) is 0 Å². The average molecular weight is 421 g/mol. The summed E-state index contributed by atoms with van der Waals surface area (Å²) in [7, 11) is 1.32. The largest absolute Gasteiger partial charge is 0.465 e. The highest BCUT2D eigenvalue weighted by Gasteiger charge is 2.16. The predicted molar refractivity (Wildman–Crippen MR) is 117 cm³/mol. The molecule has 0 fully saturated rings. The van der Waals surface area contributed by atoms with E-state index in [4.69, 9.17) is 11.6 Å². The molecule has 0 unspecified atom stereocenters. The number of rotatable bonds is 4. The molecule has 30 heavy (non-hydrogen) atoms. The van der Waals surface area contributed by atoms with E-state index in [1.54, 1.807) is 48.8 Å². The molecule has 0 bridgehead atoms. The smallest absolute Gasteiger partial charge is 0.337 e. The van der Waals surface area contributed by atoms with Crippen LogP contribution in [-0.2, 0) is 4.74 Å². The van der Waals surface area contributed by atoms with E-state index in [-0.39, 0.29) is 0 Å². The van der Waals surface area contributed by atoms with Gasteiger partial charge in [0.25, 0.3) is 0 Å². The number of halogens is 1. The number of nitrogens with zero attached hydrogens (tertiary/aromatic N) is 1. The molecule has 4 rings (SSSR count). The predicted octanol–water partition coefficient (Wildman–Crippen LogP) is 5.31. The molecule has 7 nitrogen and oxygen atoms in total. The summed E-state index contributed by atoms with van der Waals surface area (Å²) in [6.07, 6.45) is 3.36. The maximum absolute atomic E-state index is 12.7. The first-order valence-corrected chi connectivity index (χ1v) is 9.41. The van der Waals surface area contributed by atoms with Crippen molar-refractivity contribution in [2.45, 2.75) is 0 Å². The Morgan fingerprint density at radius 1 is 1.00 bits per heavy atom. The number of carbonyl (C=O) groups is 2. The number of methoxy groups -OCH3 is 1. The molecule has 150 valence electrons. The maximum Gasteiger partial charge on any atom is 0.337 e. The van der Waals surface area contributed by atoms with Crippen LogP contribution < -0.4 is 10.6 Å². The fourth-order valence-electron chi connectivity index (χ4n) is 3.11. The van der Waals surface area contributed by atoms with Crippen molar-refractivity contribution < 1.29 is 14.3 Å². The molecule has 4 aromatic rings. The van der Waals surface area contributed by atoms with E-state index in [2.05, 4.69) is 25.3 Å². The lowest BCUT2D eigenvalue weighted by atomic mass is 10.1. The van der Waals surface area contributed by atoms with E-state index in [9.17, 15) is 9.59 Å². The first-order chi connectivity index (χ1) is 14.5. The number of urea groups is 1. The number of fused-ring (bicyclic) bond motifs is 1. The Kier molecular flexibility index (Phi) is 5.36. The number of benzene rings is 2. The summed E-state index contributed by atoms with van der Waals surface area (Å²) in [5.74, 6) is -0.441. The van der Waals surface area contributed by atoms with E-state index in [1.165, 1.54) is 7.11 Å². The third kappa shape index (κ3) is 3.97. The summed E-state index contributed by atoms with van der Waals surface area (Å²) >= 11 is 6.17. The molecule has 0 saturated heterocycles. The van der Waals surface area contributed by atoms with Gasteiger partial charge in [-0.15, -0.1) is 0 Å². The van der Waals surface area contributed by atoms with Crippen LogP contribution in [0.1, 0.15) is 10.4 Å². The van der Waals surface area contributed by atoms with Gasteiger partial charge in [0.15, 0.2) is 0 Å². The number of esters is 1. The van der Waals surface area contributed by atoms with Gasteiger partial charge in [-0.1, -0.05) is 11.6 Å². The lowest BCUT2D eigenvalue weighted by Crippen LogP contribution is -2.19. The minimum atomic E-state index is -0.441. The number of hydrogen-bond donors (Lipinski definition) is 3. The van der Waals surface area contributed by atoms with Gasteiger partial charge in [0, 0.05) is 39.6 Å². The Morgan fingerprint density at radius 3 is 2.43 bits per heavy atom. The lowest BCUT2D eigenvalue weighted by Gasteiger charge is -2.10. The van der Waals surface area contributed by atoms with Crippen molar-refractivity contribution in [3.8, 4) is 11.3 Å². The summed E-state index contributed by atoms with van der Waals surface area (Å²) in [4.78, 5) is 31.6. The number of amides is 2. The topological polar surface area (TPSA) is 96.1 Å². The van der Waals surface area contributed by atoms with Gasteiger partial charge in [0.05, 0.1) is 24.1 Å². The van der Waals surface area contributed by atoms with E-state index in [0.29, 0.717) is 22.0 Å². The Hall–Kier alpha value is -3.84. The lowest BCUT2D eigenvalue weighted by molar-refractivity contribution is 0.0600. The molecule has 3 N–H and O–H groups in total. The van der Waals surface area contributed by atoms with Crippen LogP contribution in [0.2, 0.25) is 5.02 Å². The fourth-order valence-corrected chi connectivity index (χ4v) is 3.28. The van der Waals surface area contributed by atoms with Crippen LogP contribution in [0.25, 0.3) is 22.2 Å². The summed E-state index contributed by atoms with van der Waals surface area (Å²) < 4.78 is 4.68. The molecule has 8 heteroatoms. The number of ether oxygens (including phenoxy) is 1. The zero-order valence-corrected chi connectivity index (χ0v) is 16.7. The van der Waals surface area contributed by atoms with Crippen LogP contribution >= 0.6 is 11.6 Å². The van der Waals surface area contributed by atoms with Gasteiger partial charge in [-0.3, -0.25) is 4.98 Å². The molecular formula is C22H17ClN4O3. The molecule has 0 atom stereocenters. The van der Waals surface area contributed by atoms with Crippen LogP contribution in [0.5, 0.6) is 0 Å². The molecule has 0 radical (unpaired) electrons. The van der Waals surface area contributed by atoms with E-state index < -0.39 is 12.0 Å². The molecule has 0 aliphatic carbocycles. The van der Waals surface area contributed by atoms with Crippen LogP contribution in [0.15, 0.2) is 67.0 Å². The Bertz CT molecular complexity index is 1220. The standard InChI is InChI=1S/C22H17ClN4O3/c1-30-21(28)14-2-5-16(6-3-14)25-22(29)27-20-17-12-15(23)4-7-18(17)26-19(20)13-8-10-24-11-9-13/h2-12,26H,1H3,(H2,25,27,29). The minimum absolute atomic E-state index is 0.398. The number of carbonyl (C=O) groups excluding carboxylic acids is 2. The Labute approximate surface area is 177 Å². The maximum atomic E-state index is 12.7. The number of nitrogens with one attached hydrogen (secondary N) is 3. The number of aromatic amines is 1. The van der Waals surface area contributed by atoms with E-state index in [0.717, 1.165) is 22.2 Å². The first kappa shape index (κ1) is 19.5. The molecular weight excluding hydrogens is 404 g/mol. The average Bonchev–Trinajstić information content (AvgIpc) is 3.11. The van der Waals surface area contributed by atoms with Crippen molar-refractivity contribution in [2.75, 3.05) is 17.7 Å². The fraction of sp³-hybridized carbons (Fsp3) is 0.0455. The van der Waals surface area contributed by atoms with Gasteiger partial charge >= 0.3 is 12.0 Å². The minimum Gasteiger partial charge on any atom is -0.465 e. The molecule has 0 spiro atoms. The second-order valence-electron chi connectivity index (χ2n) is 6.45. The van der Waals surface area contributed by atoms with Crippen molar-refractivity contribution in [3.05, 3.63) is 77.6 Å². The van der Waals surface area contributed by atoms with Crippen molar-refractivity contribution >= 4 is 45.9 Å². The summed E-state index contributed by atoms with van der Waals surface area (Å²) in [5.41, 5.74) is 3.98. The Balaban J connectivity index is 1.63. The molecule has 2 heterocycles. The van der Waals surface area contributed by atoms with Gasteiger partial charge in [-0.05, 0) is 54.6 Å². The van der Waals surface area contributed by atoms with E-state index >= 15 is 0 Å². The van der Waals surface area contributed by atoms with Gasteiger partial charge < -0.3 is 20.4 Å². The van der Waals surface area contributed by atoms with Crippen molar-refractivity contribution in [1.82, 2.24) is 9.97 Å². The number of hydrogen-bond acceptors (Lipinski definition) is 4. The zero-order valence-electron chi connectivity index (χ0n) is 15.9. The summed E-state index contributed by atoms with van der Waals surface area (Å²) in [6, 6.07) is 15.1. The highest BCUT2D eigenvalue weighted by molar-refractivity contribution is 6.31. The zero-order chi connectivity index (χ0) is 21.1. The molecule has 2 aromatic carbocycles. The summed E-state index contributed by atoms with van der Waals surface area (Å²) in [6.45, 7) is 0. The molecule has 0 aliphatic rings. The van der Waals surface area contributed by atoms with Crippen LogP contribution in [0.3, 0.4) is 0 Å². The van der Waals surface area contributed by atoms with Crippen LogP contribution in [-0.4, -0.2) is 29.1 Å². The number of anilines is 2. The molecule has 2 amide bonds. The van der Waals surface area contributed by atoms with Crippen molar-refractivity contribution in [2.24, 2.45) is 0 Å². The second kappa shape index (κ2) is 8.26. The summed E-state index contributed by atoms with van der Waals surface area (Å²) in [5, 5.41) is 7.01. The highest BCUT2D eigenvalue weighted by Crippen LogP contribution is 2.36. The van der Waals surface area contributed by atoms with Gasteiger partial charge in [0.2, 0.25) is 0 Å². The number of aromatic nitrogens is 2. The molecule has 0 saturated carbocycles. The quantitative estimate of drug-likeness (QED) is 0.389.